The van der Waals surface area contributed by atoms with Crippen molar-refractivity contribution in [3.8, 4) is 0 Å². The number of carboxylic acid groups (broad SMARTS) is 1. The van der Waals surface area contributed by atoms with Crippen molar-refractivity contribution in [2.45, 2.75) is 57.6 Å². The van der Waals surface area contributed by atoms with Crippen LogP contribution in [0.2, 0.25) is 0 Å². The Labute approximate surface area is 178 Å². The Balaban J connectivity index is 1.46. The minimum Gasteiger partial charge on any atom is -0.465 e. The molecule has 0 radical (unpaired) electrons. The smallest absolute Gasteiger partial charge is 0.407 e. The van der Waals surface area contributed by atoms with Gasteiger partial charge in [-0.25, -0.2) is 4.79 Å². The number of fused-ring (bicyclic) bond motifs is 1. The lowest BCUT2D eigenvalue weighted by Crippen LogP contribution is -2.51. The van der Waals surface area contributed by atoms with Gasteiger partial charge >= 0.3 is 6.09 Å². The van der Waals surface area contributed by atoms with Gasteiger partial charge in [0.2, 0.25) is 0 Å². The molecule has 0 bridgehead atoms. The molecule has 6 heteroatoms. The molecule has 6 nitrogen and oxygen atoms in total. The molecule has 3 atom stereocenters. The lowest BCUT2D eigenvalue weighted by Gasteiger charge is -2.38. The SMILES string of the molecule is CC(C)(C)N(CC1C2CN(C(=O)C(O)(c3ccccc3)C3CCCC3)CC21)C(=O)O. The number of carbonyl (C=O) groups is 2. The Kier molecular flexibility index (Phi) is 5.33. The molecule has 1 aromatic carbocycles. The molecule has 30 heavy (non-hydrogen) atoms. The Morgan fingerprint density at radius 3 is 2.13 bits per heavy atom. The number of hydrogen-bond acceptors (Lipinski definition) is 3. The highest BCUT2D eigenvalue weighted by molar-refractivity contribution is 5.87. The van der Waals surface area contributed by atoms with E-state index >= 15 is 0 Å². The average Bonchev–Trinajstić information content (AvgIpc) is 3.13. The highest BCUT2D eigenvalue weighted by atomic mass is 16.4. The minimum absolute atomic E-state index is 0.0384. The zero-order valence-electron chi connectivity index (χ0n) is 18.3. The topological polar surface area (TPSA) is 81.1 Å². The summed E-state index contributed by atoms with van der Waals surface area (Å²) in [6.45, 7) is 7.49. The van der Waals surface area contributed by atoms with Crippen molar-refractivity contribution in [1.82, 2.24) is 9.80 Å². The first-order valence-electron chi connectivity index (χ1n) is 11.2. The van der Waals surface area contributed by atoms with Crippen LogP contribution in [-0.2, 0) is 10.4 Å². The molecule has 1 aromatic rings. The van der Waals surface area contributed by atoms with Gasteiger partial charge < -0.3 is 20.0 Å². The van der Waals surface area contributed by atoms with Crippen molar-refractivity contribution >= 4 is 12.0 Å². The summed E-state index contributed by atoms with van der Waals surface area (Å²) in [5, 5.41) is 21.3. The maximum atomic E-state index is 13.6. The zero-order valence-corrected chi connectivity index (χ0v) is 18.3. The largest absolute Gasteiger partial charge is 0.465 e. The third-order valence-electron chi connectivity index (χ3n) is 7.58. The zero-order chi connectivity index (χ0) is 21.7. The van der Waals surface area contributed by atoms with Crippen LogP contribution in [0.25, 0.3) is 0 Å². The van der Waals surface area contributed by atoms with E-state index in [9.17, 15) is 19.8 Å². The van der Waals surface area contributed by atoms with Crippen LogP contribution < -0.4 is 0 Å². The molecule has 164 valence electrons. The molecular formula is C24H34N2O4. The monoisotopic (exact) mass is 414 g/mol. The van der Waals surface area contributed by atoms with Gasteiger partial charge in [-0.2, -0.15) is 0 Å². The maximum absolute atomic E-state index is 13.6. The number of hydrogen-bond donors (Lipinski definition) is 2. The number of aliphatic hydroxyl groups is 1. The summed E-state index contributed by atoms with van der Waals surface area (Å²) < 4.78 is 0. The first-order chi connectivity index (χ1) is 14.1. The second kappa shape index (κ2) is 7.56. The van der Waals surface area contributed by atoms with Gasteiger partial charge in [0.1, 0.15) is 0 Å². The summed E-state index contributed by atoms with van der Waals surface area (Å²) in [4.78, 5) is 28.6. The van der Waals surface area contributed by atoms with Crippen LogP contribution in [0.5, 0.6) is 0 Å². The van der Waals surface area contributed by atoms with Crippen LogP contribution in [0.4, 0.5) is 4.79 Å². The number of amides is 2. The molecule has 2 amide bonds. The van der Waals surface area contributed by atoms with E-state index in [1.807, 2.05) is 56.0 Å². The quantitative estimate of drug-likeness (QED) is 0.772. The van der Waals surface area contributed by atoms with Gasteiger partial charge in [-0.05, 0) is 56.9 Å². The van der Waals surface area contributed by atoms with E-state index in [-0.39, 0.29) is 11.8 Å². The van der Waals surface area contributed by atoms with Crippen molar-refractivity contribution in [2.75, 3.05) is 19.6 Å². The van der Waals surface area contributed by atoms with Gasteiger partial charge in [-0.3, -0.25) is 4.79 Å². The lowest BCUT2D eigenvalue weighted by molar-refractivity contribution is -0.159. The predicted octanol–water partition coefficient (Wildman–Crippen LogP) is 3.55. The van der Waals surface area contributed by atoms with Gasteiger partial charge in [-0.1, -0.05) is 43.2 Å². The maximum Gasteiger partial charge on any atom is 0.407 e. The van der Waals surface area contributed by atoms with Gasteiger partial charge in [0.15, 0.2) is 5.60 Å². The summed E-state index contributed by atoms with van der Waals surface area (Å²) in [5.74, 6) is 0.769. The first kappa shape index (κ1) is 21.2. The highest BCUT2D eigenvalue weighted by Crippen LogP contribution is 2.54. The minimum atomic E-state index is -1.46. The van der Waals surface area contributed by atoms with E-state index in [0.29, 0.717) is 43.0 Å². The molecule has 3 fully saturated rings. The normalized spacial score (nSPS) is 28.1. The molecule has 1 heterocycles. The molecule has 2 saturated carbocycles. The molecule has 1 aliphatic heterocycles. The fourth-order valence-electron chi connectivity index (χ4n) is 5.75. The third-order valence-corrected chi connectivity index (χ3v) is 7.58. The molecule has 3 aliphatic rings. The Bertz CT molecular complexity index is 787. The number of carbonyl (C=O) groups excluding carboxylic acids is 1. The van der Waals surface area contributed by atoms with E-state index in [1.165, 1.54) is 4.90 Å². The molecule has 3 unspecified atom stereocenters. The fourth-order valence-corrected chi connectivity index (χ4v) is 5.75. The lowest BCUT2D eigenvalue weighted by atomic mass is 9.79. The van der Waals surface area contributed by atoms with Crippen LogP contribution in [-0.4, -0.2) is 57.2 Å². The molecule has 4 rings (SSSR count). The van der Waals surface area contributed by atoms with Crippen LogP contribution in [0.3, 0.4) is 0 Å². The number of rotatable bonds is 5. The fraction of sp³-hybridized carbons (Fsp3) is 0.667. The van der Waals surface area contributed by atoms with Crippen molar-refractivity contribution in [2.24, 2.45) is 23.7 Å². The van der Waals surface area contributed by atoms with Crippen LogP contribution in [0.1, 0.15) is 52.0 Å². The van der Waals surface area contributed by atoms with Crippen LogP contribution in [0, 0.1) is 23.7 Å². The molecular weight excluding hydrogens is 380 g/mol. The molecule has 2 aliphatic carbocycles. The molecule has 1 saturated heterocycles. The summed E-state index contributed by atoms with van der Waals surface area (Å²) in [6.07, 6.45) is 2.97. The van der Waals surface area contributed by atoms with Gasteiger partial charge in [0.05, 0.1) is 0 Å². The number of piperidine rings is 1. The van der Waals surface area contributed by atoms with Crippen molar-refractivity contribution in [3.05, 3.63) is 35.9 Å². The van der Waals surface area contributed by atoms with Gasteiger partial charge in [-0.15, -0.1) is 0 Å². The Morgan fingerprint density at radius 2 is 1.63 bits per heavy atom. The van der Waals surface area contributed by atoms with E-state index in [4.69, 9.17) is 0 Å². The van der Waals surface area contributed by atoms with Crippen LogP contribution >= 0.6 is 0 Å². The third kappa shape index (κ3) is 3.59. The Morgan fingerprint density at radius 1 is 1.07 bits per heavy atom. The highest BCUT2D eigenvalue weighted by Gasteiger charge is 2.60. The second-order valence-corrected chi connectivity index (χ2v) is 10.4. The predicted molar refractivity (Wildman–Crippen MR) is 114 cm³/mol. The average molecular weight is 415 g/mol. The molecule has 0 aromatic heterocycles. The number of nitrogens with zero attached hydrogens (tertiary/aromatic N) is 2. The van der Waals surface area contributed by atoms with Gasteiger partial charge in [0.25, 0.3) is 5.91 Å². The van der Waals surface area contributed by atoms with Crippen molar-refractivity contribution < 1.29 is 19.8 Å². The number of benzene rings is 1. The molecule has 2 N–H and O–H groups in total. The Hall–Kier alpha value is -2.08. The van der Waals surface area contributed by atoms with Crippen molar-refractivity contribution in [1.29, 1.82) is 0 Å². The van der Waals surface area contributed by atoms with Crippen molar-refractivity contribution in [3.63, 3.8) is 0 Å². The standard InChI is InChI=1S/C24H34N2O4/c1-23(2,3)26(22(28)29)15-20-18-13-25(14-19(18)20)21(27)24(30,17-11-7-8-12-17)16-9-5-4-6-10-16/h4-6,9-10,17-20,30H,7-8,11-15H2,1-3H3,(H,28,29). The summed E-state index contributed by atoms with van der Waals surface area (Å²) in [5.41, 5.74) is -1.19. The van der Waals surface area contributed by atoms with E-state index in [1.54, 1.807) is 0 Å². The first-order valence-corrected chi connectivity index (χ1v) is 11.2. The summed E-state index contributed by atoms with van der Waals surface area (Å²) in [6, 6.07) is 9.40. The summed E-state index contributed by atoms with van der Waals surface area (Å²) in [7, 11) is 0. The second-order valence-electron chi connectivity index (χ2n) is 10.4. The van der Waals surface area contributed by atoms with E-state index < -0.39 is 17.2 Å². The van der Waals surface area contributed by atoms with E-state index in [2.05, 4.69) is 0 Å². The van der Waals surface area contributed by atoms with Crippen LogP contribution in [0.15, 0.2) is 30.3 Å². The van der Waals surface area contributed by atoms with E-state index in [0.717, 1.165) is 25.7 Å². The summed E-state index contributed by atoms with van der Waals surface area (Å²) >= 11 is 0. The molecule has 0 spiro atoms. The van der Waals surface area contributed by atoms with Gasteiger partial charge in [0, 0.05) is 31.1 Å². The number of likely N-dealkylation sites (tertiary alicyclic amines) is 1.